The van der Waals surface area contributed by atoms with Crippen LogP contribution in [0.2, 0.25) is 0 Å². The van der Waals surface area contributed by atoms with Crippen LogP contribution in [0, 0.1) is 5.82 Å². The Morgan fingerprint density at radius 2 is 1.93 bits per heavy atom. The lowest BCUT2D eigenvalue weighted by Gasteiger charge is -2.12. The molecule has 5 nitrogen and oxygen atoms in total. The van der Waals surface area contributed by atoms with Crippen molar-refractivity contribution in [2.24, 2.45) is 5.10 Å². The molecule has 1 aromatic heterocycles. The van der Waals surface area contributed by atoms with E-state index in [0.717, 1.165) is 14.9 Å². The molecule has 3 aromatic rings. The van der Waals surface area contributed by atoms with Gasteiger partial charge in [0.2, 0.25) is 0 Å². The largest absolute Gasteiger partial charge is 0.489 e. The smallest absolute Gasteiger partial charge is 0.256 e. The fraction of sp³-hybridized carbons (Fsp3) is 0.0909. The zero-order chi connectivity index (χ0) is 20.9. The first-order valence-electron chi connectivity index (χ1n) is 9.12. The van der Waals surface area contributed by atoms with Gasteiger partial charge in [-0.15, -0.1) is 11.3 Å². The highest BCUT2D eigenvalue weighted by Crippen LogP contribution is 2.27. The molecule has 0 atom stereocenters. The van der Waals surface area contributed by atoms with Crippen LogP contribution < -0.4 is 10.7 Å². The molecule has 1 aliphatic heterocycles. The van der Waals surface area contributed by atoms with Crippen molar-refractivity contribution in [2.45, 2.75) is 0 Å². The van der Waals surface area contributed by atoms with Crippen LogP contribution in [0.1, 0.15) is 10.4 Å². The number of ether oxygens (including phenoxy) is 1. The number of thiophene rings is 1. The third-order valence-corrected chi connectivity index (χ3v) is 5.82. The molecule has 0 aliphatic carbocycles. The van der Waals surface area contributed by atoms with E-state index in [4.69, 9.17) is 4.74 Å². The van der Waals surface area contributed by atoms with Crippen molar-refractivity contribution in [3.05, 3.63) is 92.5 Å². The molecule has 30 heavy (non-hydrogen) atoms. The van der Waals surface area contributed by atoms with Crippen molar-refractivity contribution in [3.8, 4) is 0 Å². The SMILES string of the molecule is O=C1NCC(OCC(=NNc2ccc(F)cc2)c2ccc(Br)cc2)=C1c1cccs1. The Balaban J connectivity index is 1.58. The number of benzene rings is 2. The number of carbonyl (C=O) groups is 1. The number of amides is 1. The van der Waals surface area contributed by atoms with Crippen molar-refractivity contribution in [1.82, 2.24) is 5.32 Å². The molecule has 0 saturated carbocycles. The van der Waals surface area contributed by atoms with Gasteiger partial charge in [-0.25, -0.2) is 4.39 Å². The first kappa shape index (κ1) is 20.3. The van der Waals surface area contributed by atoms with Crippen LogP contribution in [-0.4, -0.2) is 24.8 Å². The lowest BCUT2D eigenvalue weighted by Crippen LogP contribution is -2.18. The molecule has 1 aliphatic rings. The van der Waals surface area contributed by atoms with Crippen LogP contribution >= 0.6 is 27.3 Å². The molecular weight excluding hydrogens is 469 g/mol. The molecule has 0 radical (unpaired) electrons. The van der Waals surface area contributed by atoms with Gasteiger partial charge in [-0.3, -0.25) is 10.2 Å². The van der Waals surface area contributed by atoms with Crippen LogP contribution in [0.5, 0.6) is 0 Å². The molecule has 0 spiro atoms. The predicted octanol–water partition coefficient (Wildman–Crippen LogP) is 5.02. The summed E-state index contributed by atoms with van der Waals surface area (Å²) in [6, 6.07) is 17.4. The molecule has 2 aromatic carbocycles. The minimum atomic E-state index is -0.313. The van der Waals surface area contributed by atoms with E-state index in [0.29, 0.717) is 29.3 Å². The summed E-state index contributed by atoms with van der Waals surface area (Å²) in [6.45, 7) is 0.500. The molecule has 2 heterocycles. The maximum atomic E-state index is 13.1. The number of hydrogen-bond donors (Lipinski definition) is 2. The summed E-state index contributed by atoms with van der Waals surface area (Å²) in [5.41, 5.74) is 5.66. The van der Waals surface area contributed by atoms with Gasteiger partial charge in [-0.05, 0) is 47.8 Å². The van der Waals surface area contributed by atoms with Crippen LogP contribution in [0.25, 0.3) is 5.57 Å². The van der Waals surface area contributed by atoms with Gasteiger partial charge in [0.15, 0.2) is 0 Å². The number of rotatable bonds is 7. The Bertz CT molecular complexity index is 1090. The summed E-state index contributed by atoms with van der Waals surface area (Å²) in [6.07, 6.45) is 0. The molecule has 1 amide bonds. The second-order valence-corrected chi connectivity index (χ2v) is 8.29. The molecule has 0 bridgehead atoms. The standard InChI is InChI=1S/C22H17BrFN3O2S/c23-15-5-3-14(4-6-15)18(27-26-17-9-7-16(24)8-10-17)13-29-19-12-25-22(28)21(19)20-2-1-11-30-20/h1-11,26H,12-13H2,(H,25,28). The van der Waals surface area contributed by atoms with Gasteiger partial charge >= 0.3 is 0 Å². The summed E-state index contributed by atoms with van der Waals surface area (Å²) in [7, 11) is 0. The number of anilines is 1. The highest BCUT2D eigenvalue weighted by Gasteiger charge is 2.26. The highest BCUT2D eigenvalue weighted by atomic mass is 79.9. The summed E-state index contributed by atoms with van der Waals surface area (Å²) in [4.78, 5) is 13.1. The number of hydrogen-bond acceptors (Lipinski definition) is 5. The van der Waals surface area contributed by atoms with E-state index in [2.05, 4.69) is 31.8 Å². The van der Waals surface area contributed by atoms with Crippen LogP contribution in [0.4, 0.5) is 10.1 Å². The number of carbonyl (C=O) groups excluding carboxylic acids is 1. The molecule has 2 N–H and O–H groups in total. The fourth-order valence-corrected chi connectivity index (χ4v) is 3.94. The van der Waals surface area contributed by atoms with Gasteiger partial charge in [0.1, 0.15) is 23.9 Å². The first-order chi connectivity index (χ1) is 14.6. The average Bonchev–Trinajstić information content (AvgIpc) is 3.40. The van der Waals surface area contributed by atoms with Gasteiger partial charge in [-0.1, -0.05) is 34.1 Å². The topological polar surface area (TPSA) is 62.7 Å². The average molecular weight is 486 g/mol. The van der Waals surface area contributed by atoms with E-state index >= 15 is 0 Å². The molecule has 0 unspecified atom stereocenters. The first-order valence-corrected chi connectivity index (χ1v) is 10.8. The van der Waals surface area contributed by atoms with Crippen LogP contribution in [-0.2, 0) is 9.53 Å². The maximum absolute atomic E-state index is 13.1. The maximum Gasteiger partial charge on any atom is 0.256 e. The number of halogens is 2. The zero-order valence-electron chi connectivity index (χ0n) is 15.7. The van der Waals surface area contributed by atoms with Crippen molar-refractivity contribution in [2.75, 3.05) is 18.6 Å². The summed E-state index contributed by atoms with van der Waals surface area (Å²) >= 11 is 4.92. The molecule has 8 heteroatoms. The Hall–Kier alpha value is -2.97. The second kappa shape index (κ2) is 9.23. The fourth-order valence-electron chi connectivity index (χ4n) is 2.89. The Labute approximate surface area is 185 Å². The normalized spacial score (nSPS) is 14.1. The molecular formula is C22H17BrFN3O2S. The lowest BCUT2D eigenvalue weighted by atomic mass is 10.1. The third kappa shape index (κ3) is 4.77. The minimum Gasteiger partial charge on any atom is -0.489 e. The summed E-state index contributed by atoms with van der Waals surface area (Å²) in [5, 5.41) is 9.21. The van der Waals surface area contributed by atoms with Gasteiger partial charge in [0.25, 0.3) is 5.91 Å². The predicted molar refractivity (Wildman–Crippen MR) is 121 cm³/mol. The van der Waals surface area contributed by atoms with E-state index in [9.17, 15) is 9.18 Å². The van der Waals surface area contributed by atoms with E-state index in [-0.39, 0.29) is 18.3 Å². The van der Waals surface area contributed by atoms with E-state index in [1.807, 2.05) is 41.8 Å². The van der Waals surface area contributed by atoms with Crippen molar-refractivity contribution in [3.63, 3.8) is 0 Å². The summed E-state index contributed by atoms with van der Waals surface area (Å²) < 4.78 is 20.1. The highest BCUT2D eigenvalue weighted by molar-refractivity contribution is 9.10. The number of hydrazone groups is 1. The van der Waals surface area contributed by atoms with Crippen LogP contribution in [0.15, 0.2) is 81.4 Å². The Kier molecular flexibility index (Phi) is 6.25. The lowest BCUT2D eigenvalue weighted by molar-refractivity contribution is -0.114. The number of nitrogens with zero attached hydrogens (tertiary/aromatic N) is 1. The monoisotopic (exact) mass is 485 g/mol. The van der Waals surface area contributed by atoms with E-state index in [1.54, 1.807) is 12.1 Å². The van der Waals surface area contributed by atoms with Crippen molar-refractivity contribution >= 4 is 50.1 Å². The molecule has 0 fully saturated rings. The Morgan fingerprint density at radius 1 is 1.17 bits per heavy atom. The molecule has 4 rings (SSSR count). The minimum absolute atomic E-state index is 0.140. The summed E-state index contributed by atoms with van der Waals surface area (Å²) in [5.74, 6) is 0.139. The second-order valence-electron chi connectivity index (χ2n) is 6.43. The Morgan fingerprint density at radius 3 is 2.63 bits per heavy atom. The van der Waals surface area contributed by atoms with Gasteiger partial charge in [0, 0.05) is 14.9 Å². The zero-order valence-corrected chi connectivity index (χ0v) is 18.1. The molecule has 152 valence electrons. The van der Waals surface area contributed by atoms with Gasteiger partial charge in [-0.2, -0.15) is 5.10 Å². The van der Waals surface area contributed by atoms with Crippen molar-refractivity contribution in [1.29, 1.82) is 0 Å². The van der Waals surface area contributed by atoms with Gasteiger partial charge < -0.3 is 10.1 Å². The van der Waals surface area contributed by atoms with E-state index in [1.165, 1.54) is 23.5 Å². The number of nitrogens with one attached hydrogen (secondary N) is 2. The van der Waals surface area contributed by atoms with Crippen LogP contribution in [0.3, 0.4) is 0 Å². The van der Waals surface area contributed by atoms with Gasteiger partial charge in [0.05, 0.1) is 17.8 Å². The van der Waals surface area contributed by atoms with Crippen molar-refractivity contribution < 1.29 is 13.9 Å². The quantitative estimate of drug-likeness (QED) is 0.364. The molecule has 0 saturated heterocycles. The third-order valence-electron chi connectivity index (χ3n) is 4.41. The van der Waals surface area contributed by atoms with E-state index < -0.39 is 0 Å².